The van der Waals surface area contributed by atoms with E-state index in [2.05, 4.69) is 53.4 Å². The Balaban J connectivity index is 1.67. The number of nitrogens with zero attached hydrogens (tertiary/aromatic N) is 4. The highest BCUT2D eigenvalue weighted by Crippen LogP contribution is 2.24. The number of rotatable bonds is 4. The van der Waals surface area contributed by atoms with Gasteiger partial charge in [-0.15, -0.1) is 0 Å². The number of aromatic nitrogens is 3. The predicted molar refractivity (Wildman–Crippen MR) is 102 cm³/mol. The van der Waals surface area contributed by atoms with Crippen LogP contribution in [0.5, 0.6) is 0 Å². The first-order valence-corrected chi connectivity index (χ1v) is 8.69. The van der Waals surface area contributed by atoms with Gasteiger partial charge in [-0.2, -0.15) is 10.4 Å². The summed E-state index contributed by atoms with van der Waals surface area (Å²) in [5.74, 6) is 0. The first-order chi connectivity index (χ1) is 12.8. The van der Waals surface area contributed by atoms with Crippen molar-refractivity contribution >= 4 is 5.65 Å². The Morgan fingerprint density at radius 3 is 2.62 bits per heavy atom. The quantitative estimate of drug-likeness (QED) is 0.553. The van der Waals surface area contributed by atoms with E-state index in [1.165, 1.54) is 5.56 Å². The molecule has 0 amide bonds. The highest BCUT2D eigenvalue weighted by molar-refractivity contribution is 5.70. The second-order valence-electron chi connectivity index (χ2n) is 6.22. The zero-order valence-corrected chi connectivity index (χ0v) is 14.6. The monoisotopic (exact) mass is 338 g/mol. The normalized spacial score (nSPS) is 10.8. The minimum absolute atomic E-state index is 0.695. The third-order valence-corrected chi connectivity index (χ3v) is 4.55. The number of nitriles is 1. The van der Waals surface area contributed by atoms with Crippen molar-refractivity contribution in [2.75, 3.05) is 0 Å². The fourth-order valence-corrected chi connectivity index (χ4v) is 3.19. The highest BCUT2D eigenvalue weighted by atomic mass is 15.2. The first-order valence-electron chi connectivity index (χ1n) is 8.69. The maximum Gasteiger partial charge on any atom is 0.155 e. The van der Waals surface area contributed by atoms with Gasteiger partial charge in [-0.25, -0.2) is 9.50 Å². The maximum absolute atomic E-state index is 9.29. The van der Waals surface area contributed by atoms with Crippen LogP contribution in [0.25, 0.3) is 16.8 Å². The molecular weight excluding hydrogens is 320 g/mol. The molecule has 0 N–H and O–H groups in total. The molecule has 0 aliphatic heterocycles. The van der Waals surface area contributed by atoms with E-state index in [-0.39, 0.29) is 0 Å². The van der Waals surface area contributed by atoms with Crippen LogP contribution in [0.1, 0.15) is 29.4 Å². The minimum Gasteiger partial charge on any atom is -0.234 e. The van der Waals surface area contributed by atoms with Crippen molar-refractivity contribution < 1.29 is 0 Å². The summed E-state index contributed by atoms with van der Waals surface area (Å²) < 4.78 is 1.90. The lowest BCUT2D eigenvalue weighted by Crippen LogP contribution is -2.04. The molecule has 0 spiro atoms. The van der Waals surface area contributed by atoms with Crippen molar-refractivity contribution in [1.29, 1.82) is 5.26 Å². The molecule has 0 aliphatic carbocycles. The highest BCUT2D eigenvalue weighted by Gasteiger charge is 2.08. The van der Waals surface area contributed by atoms with Gasteiger partial charge in [0.25, 0.3) is 0 Å². The average molecular weight is 338 g/mol. The van der Waals surface area contributed by atoms with Crippen LogP contribution in [0.4, 0.5) is 0 Å². The smallest absolute Gasteiger partial charge is 0.155 e. The first kappa shape index (κ1) is 16.0. The molecule has 4 aromatic rings. The van der Waals surface area contributed by atoms with Crippen LogP contribution >= 0.6 is 0 Å². The van der Waals surface area contributed by atoms with E-state index in [1.54, 1.807) is 6.20 Å². The molecule has 0 atom stereocenters. The maximum atomic E-state index is 9.29. The zero-order chi connectivity index (χ0) is 17.9. The van der Waals surface area contributed by atoms with Crippen LogP contribution in [-0.2, 0) is 12.8 Å². The van der Waals surface area contributed by atoms with Crippen molar-refractivity contribution in [3.05, 3.63) is 89.4 Å². The molecule has 0 saturated heterocycles. The Morgan fingerprint density at radius 2 is 1.85 bits per heavy atom. The summed E-state index contributed by atoms with van der Waals surface area (Å²) in [5, 5.41) is 13.7. The second kappa shape index (κ2) is 6.81. The van der Waals surface area contributed by atoms with E-state index < -0.39 is 0 Å². The van der Waals surface area contributed by atoms with Gasteiger partial charge in [-0.3, -0.25) is 0 Å². The van der Waals surface area contributed by atoms with Gasteiger partial charge in [-0.05, 0) is 35.2 Å². The fourth-order valence-electron chi connectivity index (χ4n) is 3.19. The summed E-state index contributed by atoms with van der Waals surface area (Å²) in [6.07, 6.45) is 3.47. The largest absolute Gasteiger partial charge is 0.234 e. The summed E-state index contributed by atoms with van der Waals surface area (Å²) in [6.45, 7) is 2.11. The molecular formula is C22H18N4. The summed E-state index contributed by atoms with van der Waals surface area (Å²) in [7, 11) is 0. The number of aryl methyl sites for hydroxylation is 1. The number of hydrogen-bond acceptors (Lipinski definition) is 3. The predicted octanol–water partition coefficient (Wildman–Crippen LogP) is 4.42. The van der Waals surface area contributed by atoms with Crippen LogP contribution in [0.15, 0.2) is 66.9 Å². The molecule has 0 aliphatic rings. The fraction of sp³-hybridized carbons (Fsp3) is 0.136. The lowest BCUT2D eigenvalue weighted by atomic mass is 9.98. The van der Waals surface area contributed by atoms with Gasteiger partial charge in [0.1, 0.15) is 0 Å². The number of fused-ring (bicyclic) bond motifs is 1. The topological polar surface area (TPSA) is 54.0 Å². The Bertz CT molecular complexity index is 1100. The second-order valence-corrected chi connectivity index (χ2v) is 6.22. The number of benzene rings is 2. The van der Waals surface area contributed by atoms with Crippen LogP contribution in [0.2, 0.25) is 0 Å². The number of hydrogen-bond donors (Lipinski definition) is 0. The van der Waals surface area contributed by atoms with Crippen molar-refractivity contribution in [2.45, 2.75) is 19.8 Å². The van der Waals surface area contributed by atoms with Crippen molar-refractivity contribution in [3.8, 4) is 17.2 Å². The molecule has 0 fully saturated rings. The van der Waals surface area contributed by atoms with E-state index in [1.807, 2.05) is 34.8 Å². The Morgan fingerprint density at radius 1 is 1.04 bits per heavy atom. The Labute approximate surface area is 152 Å². The van der Waals surface area contributed by atoms with Gasteiger partial charge >= 0.3 is 0 Å². The lowest BCUT2D eigenvalue weighted by molar-refractivity contribution is 0.844. The van der Waals surface area contributed by atoms with E-state index in [4.69, 9.17) is 0 Å². The molecule has 4 rings (SSSR count). The van der Waals surface area contributed by atoms with E-state index in [9.17, 15) is 5.26 Å². The van der Waals surface area contributed by atoms with E-state index in [0.717, 1.165) is 41.0 Å². The van der Waals surface area contributed by atoms with Crippen molar-refractivity contribution in [1.82, 2.24) is 14.6 Å². The van der Waals surface area contributed by atoms with Crippen LogP contribution in [-0.4, -0.2) is 14.6 Å². The summed E-state index contributed by atoms with van der Waals surface area (Å²) in [6, 6.07) is 22.4. The molecule has 2 aromatic heterocycles. The molecule has 2 aromatic carbocycles. The van der Waals surface area contributed by atoms with E-state index >= 15 is 0 Å². The van der Waals surface area contributed by atoms with Gasteiger partial charge in [0.05, 0.1) is 23.5 Å². The zero-order valence-electron chi connectivity index (χ0n) is 14.6. The molecule has 0 bridgehead atoms. The van der Waals surface area contributed by atoms with Crippen LogP contribution in [0, 0.1) is 11.3 Å². The summed E-state index contributed by atoms with van der Waals surface area (Å²) >= 11 is 0. The standard InChI is InChI=1S/C22H18N4/c1-2-19-14-20(26-22(25-19)11-12-24-26)13-16-7-9-17(10-8-16)21-6-4-3-5-18(21)15-23/h3-12,14H,2,13H2,1H3. The lowest BCUT2D eigenvalue weighted by Gasteiger charge is -2.09. The summed E-state index contributed by atoms with van der Waals surface area (Å²) in [5.41, 5.74) is 7.01. The minimum atomic E-state index is 0.695. The van der Waals surface area contributed by atoms with Gasteiger partial charge in [0.2, 0.25) is 0 Å². The van der Waals surface area contributed by atoms with Crippen LogP contribution < -0.4 is 0 Å². The SMILES string of the molecule is CCc1cc(Cc2ccc(-c3ccccc3C#N)cc2)n2nccc2n1. The molecule has 0 unspecified atom stereocenters. The molecule has 126 valence electrons. The average Bonchev–Trinajstić information content (AvgIpc) is 3.17. The molecule has 4 nitrogen and oxygen atoms in total. The van der Waals surface area contributed by atoms with Gasteiger partial charge in [0, 0.05) is 18.2 Å². The molecule has 0 radical (unpaired) electrons. The summed E-state index contributed by atoms with van der Waals surface area (Å²) in [4.78, 5) is 4.60. The van der Waals surface area contributed by atoms with Crippen molar-refractivity contribution in [2.24, 2.45) is 0 Å². The molecule has 0 saturated carbocycles. The molecule has 26 heavy (non-hydrogen) atoms. The van der Waals surface area contributed by atoms with Crippen LogP contribution in [0.3, 0.4) is 0 Å². The molecule has 4 heteroatoms. The Kier molecular flexibility index (Phi) is 4.20. The van der Waals surface area contributed by atoms with Gasteiger partial charge < -0.3 is 0 Å². The third-order valence-electron chi connectivity index (χ3n) is 4.55. The third kappa shape index (κ3) is 2.96. The van der Waals surface area contributed by atoms with Gasteiger partial charge in [0.15, 0.2) is 5.65 Å². The van der Waals surface area contributed by atoms with E-state index in [0.29, 0.717) is 5.56 Å². The molecule has 2 heterocycles. The van der Waals surface area contributed by atoms with Gasteiger partial charge in [-0.1, -0.05) is 49.4 Å². The van der Waals surface area contributed by atoms with Crippen molar-refractivity contribution in [3.63, 3.8) is 0 Å². The Hall–Kier alpha value is -3.45.